The lowest BCUT2D eigenvalue weighted by molar-refractivity contribution is -0.138. The van der Waals surface area contributed by atoms with E-state index in [2.05, 4.69) is 9.97 Å². The van der Waals surface area contributed by atoms with Gasteiger partial charge in [-0.2, -0.15) is 4.98 Å². The quantitative estimate of drug-likeness (QED) is 0.815. The molecule has 2 heterocycles. The number of carbonyl (C=O) groups is 1. The Morgan fingerprint density at radius 3 is 3.06 bits per heavy atom. The average molecular weight is 237 g/mol. The largest absolute Gasteiger partial charge is 0.481 e. The Hall–Kier alpha value is -1.85. The van der Waals surface area contributed by atoms with Crippen molar-refractivity contribution in [2.45, 2.75) is 13.3 Å². The first-order valence-electron chi connectivity index (χ1n) is 5.61. The number of hydrogen-bond acceptors (Lipinski definition) is 5. The lowest BCUT2D eigenvalue weighted by Crippen LogP contribution is -2.48. The maximum Gasteiger partial charge on any atom is 0.318 e. The number of hydrogen-bond donors (Lipinski definition) is 1. The molecule has 6 heteroatoms. The first-order valence-corrected chi connectivity index (χ1v) is 5.61. The standard InChI is InChI=1S/C11H15N3O3/c1-2-17-11-12-4-3-9(13-11)14-6-8(7-14)5-10(15)16/h3-4,8H,2,5-7H2,1H3,(H,15,16). The second-order valence-corrected chi connectivity index (χ2v) is 4.00. The average Bonchev–Trinajstić information content (AvgIpc) is 2.23. The van der Waals surface area contributed by atoms with E-state index in [-0.39, 0.29) is 12.3 Å². The second kappa shape index (κ2) is 4.99. The Morgan fingerprint density at radius 2 is 2.41 bits per heavy atom. The van der Waals surface area contributed by atoms with Crippen molar-refractivity contribution in [2.75, 3.05) is 24.6 Å². The number of carboxylic acids is 1. The van der Waals surface area contributed by atoms with Crippen LogP contribution in [0.5, 0.6) is 6.01 Å². The molecule has 1 N–H and O–H groups in total. The summed E-state index contributed by atoms with van der Waals surface area (Å²) in [5, 5.41) is 8.66. The number of aliphatic carboxylic acids is 1. The van der Waals surface area contributed by atoms with Crippen LogP contribution in [0.15, 0.2) is 12.3 Å². The number of rotatable bonds is 5. The fourth-order valence-corrected chi connectivity index (χ4v) is 1.84. The van der Waals surface area contributed by atoms with Crippen molar-refractivity contribution in [2.24, 2.45) is 5.92 Å². The highest BCUT2D eigenvalue weighted by Gasteiger charge is 2.29. The maximum atomic E-state index is 10.5. The summed E-state index contributed by atoms with van der Waals surface area (Å²) in [6, 6.07) is 2.17. The van der Waals surface area contributed by atoms with E-state index in [1.54, 1.807) is 12.3 Å². The predicted molar refractivity (Wildman–Crippen MR) is 61.2 cm³/mol. The lowest BCUT2D eigenvalue weighted by Gasteiger charge is -2.39. The summed E-state index contributed by atoms with van der Waals surface area (Å²) in [4.78, 5) is 20.8. The molecule has 17 heavy (non-hydrogen) atoms. The molecule has 6 nitrogen and oxygen atoms in total. The molecule has 0 amide bonds. The molecule has 0 aliphatic carbocycles. The third-order valence-corrected chi connectivity index (χ3v) is 2.64. The molecule has 2 rings (SSSR count). The summed E-state index contributed by atoms with van der Waals surface area (Å²) in [5.41, 5.74) is 0. The zero-order chi connectivity index (χ0) is 12.3. The van der Waals surface area contributed by atoms with Crippen LogP contribution in [0, 0.1) is 5.92 Å². The molecule has 1 fully saturated rings. The molecule has 1 aromatic rings. The summed E-state index contributed by atoms with van der Waals surface area (Å²) in [6.45, 7) is 3.87. The molecule has 0 aromatic carbocycles. The number of aromatic nitrogens is 2. The number of ether oxygens (including phenoxy) is 1. The van der Waals surface area contributed by atoms with Gasteiger partial charge in [-0.25, -0.2) is 4.98 Å². The first-order chi connectivity index (χ1) is 8.19. The van der Waals surface area contributed by atoms with Crippen molar-refractivity contribution in [1.82, 2.24) is 9.97 Å². The second-order valence-electron chi connectivity index (χ2n) is 4.00. The molecular weight excluding hydrogens is 222 g/mol. The molecule has 0 spiro atoms. The molecule has 92 valence electrons. The molecule has 0 unspecified atom stereocenters. The summed E-state index contributed by atoms with van der Waals surface area (Å²) < 4.78 is 5.21. The third kappa shape index (κ3) is 2.83. The van der Waals surface area contributed by atoms with Crippen molar-refractivity contribution in [3.8, 4) is 6.01 Å². The minimum absolute atomic E-state index is 0.220. The van der Waals surface area contributed by atoms with Gasteiger partial charge in [0, 0.05) is 25.2 Å². The van der Waals surface area contributed by atoms with E-state index in [1.807, 2.05) is 11.8 Å². The van der Waals surface area contributed by atoms with Crippen LogP contribution in [0.2, 0.25) is 0 Å². The molecule has 1 aliphatic rings. The first kappa shape index (κ1) is 11.6. The Balaban J connectivity index is 1.92. The van der Waals surface area contributed by atoms with Crippen molar-refractivity contribution >= 4 is 11.8 Å². The Labute approximate surface area is 99.2 Å². The van der Waals surface area contributed by atoms with Crippen LogP contribution >= 0.6 is 0 Å². The fraction of sp³-hybridized carbons (Fsp3) is 0.545. The summed E-state index contributed by atoms with van der Waals surface area (Å²) >= 11 is 0. The van der Waals surface area contributed by atoms with Crippen molar-refractivity contribution in [3.05, 3.63) is 12.3 Å². The van der Waals surface area contributed by atoms with Gasteiger partial charge in [-0.05, 0) is 13.0 Å². The molecule has 0 radical (unpaired) electrons. The minimum atomic E-state index is -0.743. The normalized spacial score (nSPS) is 15.5. The van der Waals surface area contributed by atoms with E-state index in [1.165, 1.54) is 0 Å². The van der Waals surface area contributed by atoms with Gasteiger partial charge < -0.3 is 14.7 Å². The SMILES string of the molecule is CCOc1nccc(N2CC(CC(=O)O)C2)n1. The van der Waals surface area contributed by atoms with Gasteiger partial charge in [-0.15, -0.1) is 0 Å². The van der Waals surface area contributed by atoms with Crippen LogP contribution in [-0.2, 0) is 4.79 Å². The number of anilines is 1. The van der Waals surface area contributed by atoms with Gasteiger partial charge in [0.2, 0.25) is 0 Å². The zero-order valence-electron chi connectivity index (χ0n) is 9.67. The van der Waals surface area contributed by atoms with E-state index in [0.29, 0.717) is 12.6 Å². The smallest absolute Gasteiger partial charge is 0.318 e. The van der Waals surface area contributed by atoms with Gasteiger partial charge in [0.1, 0.15) is 5.82 Å². The van der Waals surface area contributed by atoms with Gasteiger partial charge in [0.05, 0.1) is 13.0 Å². The van der Waals surface area contributed by atoms with Gasteiger partial charge in [-0.3, -0.25) is 4.79 Å². The van der Waals surface area contributed by atoms with Gasteiger partial charge in [0.25, 0.3) is 0 Å². The topological polar surface area (TPSA) is 75.5 Å². The summed E-state index contributed by atoms with van der Waals surface area (Å²) in [5.74, 6) is 0.274. The van der Waals surface area contributed by atoms with Gasteiger partial charge >= 0.3 is 12.0 Å². The molecule has 1 aliphatic heterocycles. The van der Waals surface area contributed by atoms with E-state index >= 15 is 0 Å². The number of nitrogens with zero attached hydrogens (tertiary/aromatic N) is 3. The Kier molecular flexibility index (Phi) is 3.41. The van der Waals surface area contributed by atoms with Crippen molar-refractivity contribution in [1.29, 1.82) is 0 Å². The monoisotopic (exact) mass is 237 g/mol. The van der Waals surface area contributed by atoms with Gasteiger partial charge in [0.15, 0.2) is 0 Å². The zero-order valence-corrected chi connectivity index (χ0v) is 9.67. The van der Waals surface area contributed by atoms with E-state index in [9.17, 15) is 4.79 Å². The molecule has 1 aromatic heterocycles. The minimum Gasteiger partial charge on any atom is -0.481 e. The van der Waals surface area contributed by atoms with E-state index < -0.39 is 5.97 Å². The fourth-order valence-electron chi connectivity index (χ4n) is 1.84. The number of carboxylic acid groups (broad SMARTS) is 1. The lowest BCUT2D eigenvalue weighted by atomic mass is 9.96. The molecule has 1 saturated heterocycles. The van der Waals surface area contributed by atoms with Crippen LogP contribution in [0.1, 0.15) is 13.3 Å². The molecule has 0 saturated carbocycles. The van der Waals surface area contributed by atoms with E-state index in [0.717, 1.165) is 18.9 Å². The predicted octanol–water partition coefficient (Wildman–Crippen LogP) is 0.786. The highest BCUT2D eigenvalue weighted by Crippen LogP contribution is 2.25. The molecule has 0 bridgehead atoms. The van der Waals surface area contributed by atoms with Crippen LogP contribution in [-0.4, -0.2) is 40.7 Å². The van der Waals surface area contributed by atoms with Crippen LogP contribution in [0.25, 0.3) is 0 Å². The van der Waals surface area contributed by atoms with E-state index in [4.69, 9.17) is 9.84 Å². The summed E-state index contributed by atoms with van der Waals surface area (Å²) in [6.07, 6.45) is 1.87. The Bertz CT molecular complexity index is 405. The van der Waals surface area contributed by atoms with Gasteiger partial charge in [-0.1, -0.05) is 0 Å². The summed E-state index contributed by atoms with van der Waals surface area (Å²) in [7, 11) is 0. The highest BCUT2D eigenvalue weighted by molar-refractivity contribution is 5.67. The maximum absolute atomic E-state index is 10.5. The van der Waals surface area contributed by atoms with Crippen LogP contribution < -0.4 is 9.64 Å². The van der Waals surface area contributed by atoms with Crippen LogP contribution in [0.3, 0.4) is 0 Å². The Morgan fingerprint density at radius 1 is 1.65 bits per heavy atom. The third-order valence-electron chi connectivity index (χ3n) is 2.64. The van der Waals surface area contributed by atoms with Crippen molar-refractivity contribution < 1.29 is 14.6 Å². The van der Waals surface area contributed by atoms with Crippen LogP contribution in [0.4, 0.5) is 5.82 Å². The highest BCUT2D eigenvalue weighted by atomic mass is 16.5. The molecular formula is C11H15N3O3. The molecule has 0 atom stereocenters. The van der Waals surface area contributed by atoms with Crippen molar-refractivity contribution in [3.63, 3.8) is 0 Å².